The van der Waals surface area contributed by atoms with E-state index in [1.807, 2.05) is 30.3 Å². The number of unbranched alkanes of at least 4 members (excludes halogenated alkanes) is 2. The molecular formula is C23H26FN3O. The second-order valence-corrected chi connectivity index (χ2v) is 7.08. The first-order chi connectivity index (χ1) is 13.5. The van der Waals surface area contributed by atoms with E-state index in [0.29, 0.717) is 18.7 Å². The maximum Gasteiger partial charge on any atom is 0.246 e. The Balaban J connectivity index is 1.63. The van der Waals surface area contributed by atoms with Gasteiger partial charge in [0, 0.05) is 25.1 Å². The van der Waals surface area contributed by atoms with E-state index in [4.69, 9.17) is 4.98 Å². The van der Waals surface area contributed by atoms with Gasteiger partial charge in [-0.25, -0.2) is 9.37 Å². The lowest BCUT2D eigenvalue weighted by molar-refractivity contribution is -0.117. The Labute approximate surface area is 165 Å². The number of amides is 1. The Morgan fingerprint density at radius 3 is 2.61 bits per heavy atom. The summed E-state index contributed by atoms with van der Waals surface area (Å²) in [7, 11) is 0. The van der Waals surface area contributed by atoms with Gasteiger partial charge in [0.15, 0.2) is 0 Å². The smallest absolute Gasteiger partial charge is 0.246 e. The van der Waals surface area contributed by atoms with Gasteiger partial charge in [-0.2, -0.15) is 0 Å². The van der Waals surface area contributed by atoms with Crippen molar-refractivity contribution in [1.29, 1.82) is 0 Å². The van der Waals surface area contributed by atoms with E-state index in [0.717, 1.165) is 48.1 Å². The molecule has 0 saturated carbocycles. The number of carbonyl (C=O) groups excluding carboxylic acids is 1. The van der Waals surface area contributed by atoms with Crippen LogP contribution in [0.25, 0.3) is 11.0 Å². The minimum absolute atomic E-state index is 0.0823. The largest absolute Gasteiger partial charge is 0.352 e. The molecule has 0 unspecified atom stereocenters. The lowest BCUT2D eigenvalue weighted by atomic mass is 10.1. The number of halogens is 1. The third-order valence-electron chi connectivity index (χ3n) is 4.74. The average Bonchev–Trinajstić information content (AvgIpc) is 3.03. The fourth-order valence-corrected chi connectivity index (χ4v) is 3.20. The molecule has 0 aliphatic rings. The van der Waals surface area contributed by atoms with Crippen LogP contribution in [-0.2, 0) is 17.8 Å². The summed E-state index contributed by atoms with van der Waals surface area (Å²) in [5, 5.41) is 2.86. The molecule has 0 spiro atoms. The second kappa shape index (κ2) is 9.31. The molecule has 5 heteroatoms. The van der Waals surface area contributed by atoms with Crippen LogP contribution in [-0.4, -0.2) is 22.0 Å². The molecule has 1 heterocycles. The molecule has 1 aromatic heterocycles. The van der Waals surface area contributed by atoms with Crippen LogP contribution in [0.4, 0.5) is 4.39 Å². The normalized spacial score (nSPS) is 10.9. The van der Waals surface area contributed by atoms with Crippen LogP contribution in [0.3, 0.4) is 0 Å². The molecular weight excluding hydrogens is 353 g/mol. The van der Waals surface area contributed by atoms with Gasteiger partial charge in [-0.05, 0) is 49.6 Å². The zero-order valence-corrected chi connectivity index (χ0v) is 16.2. The molecule has 0 atom stereocenters. The third kappa shape index (κ3) is 5.06. The summed E-state index contributed by atoms with van der Waals surface area (Å²) < 4.78 is 15.4. The summed E-state index contributed by atoms with van der Waals surface area (Å²) in [6.45, 7) is 6.68. The lowest BCUT2D eigenvalue weighted by Crippen LogP contribution is -2.24. The van der Waals surface area contributed by atoms with E-state index in [-0.39, 0.29) is 11.7 Å². The Morgan fingerprint density at radius 2 is 1.86 bits per heavy atom. The van der Waals surface area contributed by atoms with E-state index in [2.05, 4.69) is 22.5 Å². The van der Waals surface area contributed by atoms with Crippen molar-refractivity contribution in [3.05, 3.63) is 77.9 Å². The SMILES string of the molecule is C=C(C)C(=O)NCCCCCc1nc2ccccc2n1Cc1ccc(F)cc1. The lowest BCUT2D eigenvalue weighted by Gasteiger charge is -2.10. The molecule has 1 N–H and O–H groups in total. The van der Waals surface area contributed by atoms with Crippen LogP contribution in [0.1, 0.15) is 37.6 Å². The fourth-order valence-electron chi connectivity index (χ4n) is 3.20. The predicted octanol–water partition coefficient (Wildman–Crippen LogP) is 4.63. The highest BCUT2D eigenvalue weighted by atomic mass is 19.1. The van der Waals surface area contributed by atoms with Gasteiger partial charge in [0.05, 0.1) is 11.0 Å². The van der Waals surface area contributed by atoms with Crippen molar-refractivity contribution in [2.45, 2.75) is 39.2 Å². The van der Waals surface area contributed by atoms with Crippen LogP contribution < -0.4 is 5.32 Å². The van der Waals surface area contributed by atoms with Gasteiger partial charge in [0.2, 0.25) is 5.91 Å². The fraction of sp³-hybridized carbons (Fsp3) is 0.304. The predicted molar refractivity (Wildman–Crippen MR) is 111 cm³/mol. The first kappa shape index (κ1) is 19.8. The molecule has 146 valence electrons. The summed E-state index contributed by atoms with van der Waals surface area (Å²) in [4.78, 5) is 16.3. The van der Waals surface area contributed by atoms with Gasteiger partial charge in [0.1, 0.15) is 11.6 Å². The molecule has 3 aromatic rings. The highest BCUT2D eigenvalue weighted by Gasteiger charge is 2.11. The molecule has 0 fully saturated rings. The number of aryl methyl sites for hydroxylation is 1. The number of aromatic nitrogens is 2. The highest BCUT2D eigenvalue weighted by Crippen LogP contribution is 2.20. The highest BCUT2D eigenvalue weighted by molar-refractivity contribution is 5.92. The van der Waals surface area contributed by atoms with Crippen molar-refractivity contribution in [1.82, 2.24) is 14.9 Å². The number of nitrogens with one attached hydrogen (secondary N) is 1. The monoisotopic (exact) mass is 379 g/mol. The Hall–Kier alpha value is -2.95. The maximum atomic E-state index is 13.2. The molecule has 0 bridgehead atoms. The molecule has 4 nitrogen and oxygen atoms in total. The first-order valence-corrected chi connectivity index (χ1v) is 9.67. The minimum atomic E-state index is -0.224. The molecule has 0 aliphatic heterocycles. The van der Waals surface area contributed by atoms with Crippen LogP contribution in [0.5, 0.6) is 0 Å². The van der Waals surface area contributed by atoms with Crippen molar-refractivity contribution < 1.29 is 9.18 Å². The van der Waals surface area contributed by atoms with Crippen LogP contribution in [0.2, 0.25) is 0 Å². The molecule has 0 saturated heterocycles. The van der Waals surface area contributed by atoms with Gasteiger partial charge in [-0.15, -0.1) is 0 Å². The summed E-state index contributed by atoms with van der Waals surface area (Å²) in [6, 6.07) is 14.7. The number of carbonyl (C=O) groups is 1. The summed E-state index contributed by atoms with van der Waals surface area (Å²) in [5.74, 6) is 0.732. The quantitative estimate of drug-likeness (QED) is 0.435. The molecule has 3 rings (SSSR count). The van der Waals surface area contributed by atoms with E-state index in [1.165, 1.54) is 12.1 Å². The third-order valence-corrected chi connectivity index (χ3v) is 4.74. The number of rotatable bonds is 9. The van der Waals surface area contributed by atoms with Gasteiger partial charge >= 0.3 is 0 Å². The van der Waals surface area contributed by atoms with Crippen molar-refractivity contribution in [2.24, 2.45) is 0 Å². The number of hydrogen-bond donors (Lipinski definition) is 1. The van der Waals surface area contributed by atoms with Gasteiger partial charge in [-0.3, -0.25) is 4.79 Å². The Kier molecular flexibility index (Phi) is 6.58. The zero-order chi connectivity index (χ0) is 19.9. The van der Waals surface area contributed by atoms with E-state index in [1.54, 1.807) is 6.92 Å². The molecule has 0 radical (unpaired) electrons. The number of hydrogen-bond acceptors (Lipinski definition) is 2. The van der Waals surface area contributed by atoms with Crippen LogP contribution in [0, 0.1) is 5.82 Å². The van der Waals surface area contributed by atoms with Crippen molar-refractivity contribution in [3.8, 4) is 0 Å². The van der Waals surface area contributed by atoms with Crippen molar-refractivity contribution in [3.63, 3.8) is 0 Å². The Bertz CT molecular complexity index is 960. The van der Waals surface area contributed by atoms with Crippen molar-refractivity contribution >= 4 is 16.9 Å². The van der Waals surface area contributed by atoms with E-state index in [9.17, 15) is 9.18 Å². The summed E-state index contributed by atoms with van der Waals surface area (Å²) in [6.07, 6.45) is 3.80. The number of fused-ring (bicyclic) bond motifs is 1. The maximum absolute atomic E-state index is 13.2. The number of benzene rings is 2. The number of para-hydroxylation sites is 2. The number of nitrogens with zero attached hydrogens (tertiary/aromatic N) is 2. The van der Waals surface area contributed by atoms with Crippen molar-refractivity contribution in [2.75, 3.05) is 6.54 Å². The second-order valence-electron chi connectivity index (χ2n) is 7.08. The number of imidazole rings is 1. The van der Waals surface area contributed by atoms with Gasteiger partial charge in [-0.1, -0.05) is 37.3 Å². The summed E-state index contributed by atoms with van der Waals surface area (Å²) >= 11 is 0. The van der Waals surface area contributed by atoms with Crippen LogP contribution >= 0.6 is 0 Å². The zero-order valence-electron chi connectivity index (χ0n) is 16.2. The molecule has 2 aromatic carbocycles. The minimum Gasteiger partial charge on any atom is -0.352 e. The van der Waals surface area contributed by atoms with Gasteiger partial charge < -0.3 is 9.88 Å². The standard InChI is InChI=1S/C23H26FN3O/c1-17(2)23(28)25-15-7-3-4-10-22-26-20-8-5-6-9-21(20)27(22)16-18-11-13-19(24)14-12-18/h5-6,8-9,11-14H,1,3-4,7,10,15-16H2,2H3,(H,25,28). The van der Waals surface area contributed by atoms with Gasteiger partial charge in [0.25, 0.3) is 0 Å². The van der Waals surface area contributed by atoms with E-state index >= 15 is 0 Å². The summed E-state index contributed by atoms with van der Waals surface area (Å²) in [5.41, 5.74) is 3.66. The first-order valence-electron chi connectivity index (χ1n) is 9.67. The average molecular weight is 379 g/mol. The molecule has 0 aliphatic carbocycles. The topological polar surface area (TPSA) is 46.9 Å². The molecule has 1 amide bonds. The molecule has 28 heavy (non-hydrogen) atoms. The van der Waals surface area contributed by atoms with E-state index < -0.39 is 0 Å². The Morgan fingerprint density at radius 1 is 1.11 bits per heavy atom. The van der Waals surface area contributed by atoms with Crippen LogP contribution in [0.15, 0.2) is 60.7 Å².